The van der Waals surface area contributed by atoms with E-state index >= 15 is 0 Å². The number of carbonyl (C=O) groups excluding carboxylic acids is 1. The molecule has 0 saturated carbocycles. The highest BCUT2D eigenvalue weighted by atomic mass is 32.1. The van der Waals surface area contributed by atoms with Gasteiger partial charge in [0.05, 0.1) is 10.9 Å². The van der Waals surface area contributed by atoms with Crippen LogP contribution in [0.4, 0.5) is 0 Å². The average molecular weight is 388 g/mol. The first-order valence-corrected chi connectivity index (χ1v) is 10.0. The zero-order valence-electron chi connectivity index (χ0n) is 16.1. The minimum absolute atomic E-state index is 0.0877. The van der Waals surface area contributed by atoms with Crippen LogP contribution in [-0.2, 0) is 0 Å². The number of hydrogen-bond acceptors (Lipinski definition) is 4. The Labute approximate surface area is 168 Å². The Morgan fingerprint density at radius 2 is 1.46 bits per heavy atom. The predicted octanol–water partition coefficient (Wildman–Crippen LogP) is 5.14. The molecule has 4 nitrogen and oxygen atoms in total. The van der Waals surface area contributed by atoms with E-state index < -0.39 is 0 Å². The molecule has 1 amide bonds. The minimum Gasteiger partial charge on any atom is -0.340 e. The highest BCUT2D eigenvalue weighted by Gasteiger charge is 2.22. The fourth-order valence-electron chi connectivity index (χ4n) is 3.54. The topological polar surface area (TPSA) is 54.9 Å². The van der Waals surface area contributed by atoms with Crippen LogP contribution >= 0.6 is 11.3 Å². The van der Waals surface area contributed by atoms with Crippen molar-refractivity contribution in [2.75, 3.05) is 0 Å². The first-order chi connectivity index (χ1) is 13.5. The molecule has 0 fully saturated rings. The Morgan fingerprint density at radius 1 is 0.893 bits per heavy atom. The van der Waals surface area contributed by atoms with Gasteiger partial charge in [0, 0.05) is 11.1 Å². The van der Waals surface area contributed by atoms with Gasteiger partial charge in [-0.1, -0.05) is 60.7 Å². The van der Waals surface area contributed by atoms with Gasteiger partial charge < -0.3 is 5.32 Å². The minimum atomic E-state index is -0.214. The molecule has 4 aromatic rings. The number of rotatable bonds is 4. The lowest BCUT2D eigenvalue weighted by Gasteiger charge is -2.19. The summed E-state index contributed by atoms with van der Waals surface area (Å²) in [5.74, 6) is 0.639. The Kier molecular flexibility index (Phi) is 4.92. The third-order valence-corrected chi connectivity index (χ3v) is 6.01. The van der Waals surface area contributed by atoms with Crippen molar-refractivity contribution in [3.8, 4) is 0 Å². The van der Waals surface area contributed by atoms with Gasteiger partial charge in [-0.2, -0.15) is 0 Å². The van der Waals surface area contributed by atoms with Crippen molar-refractivity contribution >= 4 is 27.5 Å². The highest BCUT2D eigenvalue weighted by Crippen LogP contribution is 2.32. The maximum Gasteiger partial charge on any atom is 0.262 e. The highest BCUT2D eigenvalue weighted by molar-refractivity contribution is 7.20. The molecule has 1 N–H and O–H groups in total. The van der Waals surface area contributed by atoms with E-state index in [1.807, 2.05) is 81.4 Å². The number of aryl methyl sites for hydroxylation is 3. The number of nitrogens with zero attached hydrogens (tertiary/aromatic N) is 2. The van der Waals surface area contributed by atoms with E-state index in [1.165, 1.54) is 11.3 Å². The van der Waals surface area contributed by atoms with Crippen LogP contribution < -0.4 is 5.32 Å². The molecule has 0 aliphatic carbocycles. The van der Waals surface area contributed by atoms with Crippen molar-refractivity contribution in [2.45, 2.75) is 26.8 Å². The standard InChI is InChI=1S/C23H21N3OS/c1-14-19-15(2)24-16(3)25-23(19)28-21(14)22(27)26-20(17-10-6-4-7-11-17)18-12-8-5-9-13-18/h4-13,20H,1-3H3,(H,26,27). The number of hydrogen-bond donors (Lipinski definition) is 1. The van der Waals surface area contributed by atoms with Crippen LogP contribution in [-0.4, -0.2) is 15.9 Å². The smallest absolute Gasteiger partial charge is 0.262 e. The third kappa shape index (κ3) is 3.41. The largest absolute Gasteiger partial charge is 0.340 e. The van der Waals surface area contributed by atoms with E-state index in [2.05, 4.69) is 15.3 Å². The SMILES string of the molecule is Cc1nc(C)c2c(C)c(C(=O)NC(c3ccccc3)c3ccccc3)sc2n1. The normalized spacial score (nSPS) is 11.1. The Morgan fingerprint density at radius 3 is 2.04 bits per heavy atom. The number of fused-ring (bicyclic) bond motifs is 1. The van der Waals surface area contributed by atoms with Crippen molar-refractivity contribution in [2.24, 2.45) is 0 Å². The molecule has 0 atom stereocenters. The van der Waals surface area contributed by atoms with Gasteiger partial charge in [0.15, 0.2) is 0 Å². The summed E-state index contributed by atoms with van der Waals surface area (Å²) < 4.78 is 0. The lowest BCUT2D eigenvalue weighted by molar-refractivity contribution is 0.0946. The number of benzene rings is 2. The molecule has 2 aromatic carbocycles. The average Bonchev–Trinajstić information content (AvgIpc) is 3.04. The van der Waals surface area contributed by atoms with Crippen molar-refractivity contribution in [1.82, 2.24) is 15.3 Å². The maximum absolute atomic E-state index is 13.2. The van der Waals surface area contributed by atoms with Crippen LogP contribution in [0.15, 0.2) is 60.7 Å². The van der Waals surface area contributed by atoms with E-state index in [1.54, 1.807) is 0 Å². The molecule has 0 spiro atoms. The predicted molar refractivity (Wildman–Crippen MR) is 114 cm³/mol. The van der Waals surface area contributed by atoms with Gasteiger partial charge in [-0.25, -0.2) is 9.97 Å². The lowest BCUT2D eigenvalue weighted by atomic mass is 9.98. The van der Waals surface area contributed by atoms with Gasteiger partial charge in [0.1, 0.15) is 10.7 Å². The molecule has 2 aromatic heterocycles. The van der Waals surface area contributed by atoms with E-state index in [9.17, 15) is 4.79 Å². The fraction of sp³-hybridized carbons (Fsp3) is 0.174. The van der Waals surface area contributed by atoms with E-state index in [0.29, 0.717) is 4.88 Å². The molecular weight excluding hydrogens is 366 g/mol. The van der Waals surface area contributed by atoms with Crippen LogP contribution in [0.3, 0.4) is 0 Å². The van der Waals surface area contributed by atoms with Gasteiger partial charge in [-0.05, 0) is 37.5 Å². The molecule has 28 heavy (non-hydrogen) atoms. The van der Waals surface area contributed by atoms with Crippen LogP contribution in [0.2, 0.25) is 0 Å². The van der Waals surface area contributed by atoms with Gasteiger partial charge in [-0.15, -0.1) is 11.3 Å². The van der Waals surface area contributed by atoms with Crippen molar-refractivity contribution in [1.29, 1.82) is 0 Å². The maximum atomic E-state index is 13.2. The molecule has 0 unspecified atom stereocenters. The van der Waals surface area contributed by atoms with E-state index in [4.69, 9.17) is 0 Å². The summed E-state index contributed by atoms with van der Waals surface area (Å²) in [5.41, 5.74) is 3.95. The van der Waals surface area contributed by atoms with E-state index in [0.717, 1.165) is 38.4 Å². The molecule has 0 aliphatic heterocycles. The Balaban J connectivity index is 1.74. The number of thiophene rings is 1. The quantitative estimate of drug-likeness (QED) is 0.528. The zero-order valence-corrected chi connectivity index (χ0v) is 16.9. The fourth-order valence-corrected chi connectivity index (χ4v) is 4.72. The van der Waals surface area contributed by atoms with Gasteiger partial charge in [0.2, 0.25) is 0 Å². The number of nitrogens with one attached hydrogen (secondary N) is 1. The monoisotopic (exact) mass is 387 g/mol. The summed E-state index contributed by atoms with van der Waals surface area (Å²) in [5, 5.41) is 4.21. The molecule has 4 rings (SSSR count). The molecule has 0 aliphatic rings. The number of carbonyl (C=O) groups is 1. The zero-order chi connectivity index (χ0) is 19.7. The molecule has 0 bridgehead atoms. The summed E-state index contributed by atoms with van der Waals surface area (Å²) in [4.78, 5) is 23.8. The van der Waals surface area contributed by atoms with Crippen LogP contribution in [0.5, 0.6) is 0 Å². The summed E-state index contributed by atoms with van der Waals surface area (Å²) in [6.45, 7) is 5.82. The van der Waals surface area contributed by atoms with Crippen molar-refractivity contribution < 1.29 is 4.79 Å². The number of aromatic nitrogens is 2. The Hall–Kier alpha value is -3.05. The first kappa shape index (κ1) is 18.3. The molecule has 0 saturated heterocycles. The molecule has 0 radical (unpaired) electrons. The van der Waals surface area contributed by atoms with Crippen molar-refractivity contribution in [3.63, 3.8) is 0 Å². The second-order valence-corrected chi connectivity index (χ2v) is 7.82. The number of amides is 1. The summed E-state index contributed by atoms with van der Waals surface area (Å²) in [6, 6.07) is 19.8. The van der Waals surface area contributed by atoms with Gasteiger partial charge in [0.25, 0.3) is 5.91 Å². The van der Waals surface area contributed by atoms with Gasteiger partial charge in [-0.3, -0.25) is 4.79 Å². The second kappa shape index (κ2) is 7.52. The van der Waals surface area contributed by atoms with E-state index in [-0.39, 0.29) is 11.9 Å². The molecule has 5 heteroatoms. The van der Waals surface area contributed by atoms with Crippen LogP contribution in [0.1, 0.15) is 43.9 Å². The summed E-state index contributed by atoms with van der Waals surface area (Å²) in [7, 11) is 0. The Bertz CT molecular complexity index is 1100. The molecular formula is C23H21N3OS. The first-order valence-electron chi connectivity index (χ1n) is 9.19. The summed E-state index contributed by atoms with van der Waals surface area (Å²) >= 11 is 1.43. The van der Waals surface area contributed by atoms with Gasteiger partial charge >= 0.3 is 0 Å². The lowest BCUT2D eigenvalue weighted by Crippen LogP contribution is -2.29. The summed E-state index contributed by atoms with van der Waals surface area (Å²) in [6.07, 6.45) is 0. The second-order valence-electron chi connectivity index (χ2n) is 6.82. The van der Waals surface area contributed by atoms with Crippen LogP contribution in [0, 0.1) is 20.8 Å². The molecule has 2 heterocycles. The van der Waals surface area contributed by atoms with Crippen LogP contribution in [0.25, 0.3) is 10.2 Å². The third-order valence-electron chi connectivity index (χ3n) is 4.83. The molecule has 140 valence electrons. The van der Waals surface area contributed by atoms with Crippen molar-refractivity contribution in [3.05, 3.63) is 93.7 Å².